The third kappa shape index (κ3) is 4.06. The molecule has 1 aliphatic heterocycles. The summed E-state index contributed by atoms with van der Waals surface area (Å²) in [6.45, 7) is 1.51. The molecule has 0 radical (unpaired) electrons. The van der Waals surface area contributed by atoms with Crippen molar-refractivity contribution >= 4 is 23.2 Å². The molecule has 3 rings (SSSR count). The van der Waals surface area contributed by atoms with Crippen LogP contribution in [0.25, 0.3) is 0 Å². The summed E-state index contributed by atoms with van der Waals surface area (Å²) in [5, 5.41) is 2.98. The first-order chi connectivity index (χ1) is 12.0. The summed E-state index contributed by atoms with van der Waals surface area (Å²) in [6.07, 6.45) is 1.49. The summed E-state index contributed by atoms with van der Waals surface area (Å²) >= 11 is 0. The van der Waals surface area contributed by atoms with Crippen LogP contribution in [0.5, 0.6) is 0 Å². The Labute approximate surface area is 148 Å². The van der Waals surface area contributed by atoms with Crippen molar-refractivity contribution in [3.63, 3.8) is 0 Å². The number of anilines is 2. The Hall–Kier alpha value is -2.66. The topological polar surface area (TPSA) is 52.7 Å². The number of nitrogens with zero attached hydrogens (tertiary/aromatic N) is 2. The van der Waals surface area contributed by atoms with E-state index in [4.69, 9.17) is 0 Å². The van der Waals surface area contributed by atoms with E-state index in [2.05, 4.69) is 10.2 Å². The molecule has 1 heterocycles. The molecule has 1 N–H and O–H groups in total. The number of hydrogen-bond acceptors (Lipinski definition) is 3. The van der Waals surface area contributed by atoms with E-state index in [0.29, 0.717) is 12.0 Å². The van der Waals surface area contributed by atoms with Gasteiger partial charge in [0, 0.05) is 36.4 Å². The van der Waals surface area contributed by atoms with Gasteiger partial charge < -0.3 is 15.1 Å². The van der Waals surface area contributed by atoms with Gasteiger partial charge in [-0.2, -0.15) is 0 Å². The van der Waals surface area contributed by atoms with Crippen LogP contribution in [0.15, 0.2) is 48.5 Å². The van der Waals surface area contributed by atoms with E-state index in [1.165, 1.54) is 0 Å². The van der Waals surface area contributed by atoms with Gasteiger partial charge >= 0.3 is 0 Å². The van der Waals surface area contributed by atoms with E-state index in [1.54, 1.807) is 17.0 Å². The maximum atomic E-state index is 12.5. The van der Waals surface area contributed by atoms with Gasteiger partial charge in [-0.05, 0) is 56.4 Å². The zero-order chi connectivity index (χ0) is 17.8. The molecule has 25 heavy (non-hydrogen) atoms. The quantitative estimate of drug-likeness (QED) is 0.912. The number of nitrogens with one attached hydrogen (secondary N) is 1. The lowest BCUT2D eigenvalue weighted by Crippen LogP contribution is -2.23. The maximum Gasteiger partial charge on any atom is 0.255 e. The number of carbonyl (C=O) groups is 2. The van der Waals surface area contributed by atoms with Gasteiger partial charge in [0.15, 0.2) is 0 Å². The molecular weight excluding hydrogens is 314 g/mol. The SMILES string of the molecule is CN(C)Cc1ccccc1NC(=O)c1ccc(N2CCCC2=O)cc1. The maximum absolute atomic E-state index is 12.5. The summed E-state index contributed by atoms with van der Waals surface area (Å²) < 4.78 is 0. The van der Waals surface area contributed by atoms with E-state index in [9.17, 15) is 9.59 Å². The first-order valence-electron chi connectivity index (χ1n) is 8.49. The van der Waals surface area contributed by atoms with Gasteiger partial charge in [0.2, 0.25) is 5.91 Å². The number of benzene rings is 2. The fourth-order valence-corrected chi connectivity index (χ4v) is 3.03. The summed E-state index contributed by atoms with van der Waals surface area (Å²) in [5.74, 6) is 0.000295. The van der Waals surface area contributed by atoms with Gasteiger partial charge in [-0.25, -0.2) is 0 Å². The highest BCUT2D eigenvalue weighted by molar-refractivity contribution is 6.05. The van der Waals surface area contributed by atoms with E-state index < -0.39 is 0 Å². The van der Waals surface area contributed by atoms with Gasteiger partial charge in [0.25, 0.3) is 5.91 Å². The third-order valence-electron chi connectivity index (χ3n) is 4.27. The molecule has 2 amide bonds. The Morgan fingerprint density at radius 3 is 2.48 bits per heavy atom. The molecule has 5 heteroatoms. The minimum Gasteiger partial charge on any atom is -0.322 e. The van der Waals surface area contributed by atoms with Crippen LogP contribution in [-0.4, -0.2) is 37.4 Å². The van der Waals surface area contributed by atoms with Gasteiger partial charge in [-0.15, -0.1) is 0 Å². The Bertz CT molecular complexity index is 769. The number of amides is 2. The third-order valence-corrected chi connectivity index (χ3v) is 4.27. The highest BCUT2D eigenvalue weighted by Gasteiger charge is 2.21. The number of carbonyl (C=O) groups excluding carboxylic acids is 2. The average Bonchev–Trinajstić information content (AvgIpc) is 3.02. The minimum absolute atomic E-state index is 0.148. The Kier molecular flexibility index (Phi) is 5.14. The molecule has 0 unspecified atom stereocenters. The van der Waals surface area contributed by atoms with Crippen LogP contribution in [0.2, 0.25) is 0 Å². The number of para-hydroxylation sites is 1. The van der Waals surface area contributed by atoms with Crippen LogP contribution in [0, 0.1) is 0 Å². The summed E-state index contributed by atoms with van der Waals surface area (Å²) in [5.41, 5.74) is 3.32. The normalized spacial score (nSPS) is 14.2. The van der Waals surface area contributed by atoms with Gasteiger partial charge in [-0.1, -0.05) is 18.2 Å². The molecule has 1 aliphatic rings. The van der Waals surface area contributed by atoms with Crippen molar-refractivity contribution in [1.29, 1.82) is 0 Å². The van der Waals surface area contributed by atoms with Crippen molar-refractivity contribution in [3.05, 3.63) is 59.7 Å². The van der Waals surface area contributed by atoms with Crippen molar-refractivity contribution in [1.82, 2.24) is 4.90 Å². The van der Waals surface area contributed by atoms with Gasteiger partial charge in [0.05, 0.1) is 0 Å². The minimum atomic E-state index is -0.148. The summed E-state index contributed by atoms with van der Waals surface area (Å²) in [6, 6.07) is 15.0. The fourth-order valence-electron chi connectivity index (χ4n) is 3.03. The van der Waals surface area contributed by atoms with E-state index in [1.807, 2.05) is 50.5 Å². The molecular formula is C20H23N3O2. The lowest BCUT2D eigenvalue weighted by atomic mass is 10.1. The highest BCUT2D eigenvalue weighted by atomic mass is 16.2. The molecule has 0 aromatic heterocycles. The van der Waals surface area contributed by atoms with Crippen molar-refractivity contribution in [2.75, 3.05) is 30.9 Å². The summed E-state index contributed by atoms with van der Waals surface area (Å²) in [4.78, 5) is 28.2. The van der Waals surface area contributed by atoms with Crippen molar-refractivity contribution in [3.8, 4) is 0 Å². The molecule has 130 valence electrons. The van der Waals surface area contributed by atoms with Gasteiger partial charge in [0.1, 0.15) is 0 Å². The van der Waals surface area contributed by atoms with Crippen LogP contribution in [0.3, 0.4) is 0 Å². The van der Waals surface area contributed by atoms with E-state index in [0.717, 1.165) is 36.4 Å². The zero-order valence-electron chi connectivity index (χ0n) is 14.7. The van der Waals surface area contributed by atoms with E-state index in [-0.39, 0.29) is 11.8 Å². The number of rotatable bonds is 5. The van der Waals surface area contributed by atoms with Crippen molar-refractivity contribution in [2.45, 2.75) is 19.4 Å². The summed E-state index contributed by atoms with van der Waals surface area (Å²) in [7, 11) is 3.99. The molecule has 0 aliphatic carbocycles. The van der Waals surface area contributed by atoms with Crippen LogP contribution in [-0.2, 0) is 11.3 Å². The van der Waals surface area contributed by atoms with Crippen LogP contribution in [0.1, 0.15) is 28.8 Å². The standard InChI is InChI=1S/C20H23N3O2/c1-22(2)14-16-6-3-4-7-18(16)21-20(25)15-9-11-17(12-10-15)23-13-5-8-19(23)24/h3-4,6-7,9-12H,5,8,13-14H2,1-2H3,(H,21,25). The predicted octanol–water partition coefficient (Wildman–Crippen LogP) is 3.13. The molecule has 2 aromatic carbocycles. The monoisotopic (exact) mass is 337 g/mol. The fraction of sp³-hybridized carbons (Fsp3) is 0.300. The Balaban J connectivity index is 1.73. The smallest absolute Gasteiger partial charge is 0.255 e. The van der Waals surface area contributed by atoms with Gasteiger partial charge in [-0.3, -0.25) is 9.59 Å². The number of hydrogen-bond donors (Lipinski definition) is 1. The Morgan fingerprint density at radius 2 is 1.84 bits per heavy atom. The second kappa shape index (κ2) is 7.49. The second-order valence-electron chi connectivity index (χ2n) is 6.54. The van der Waals surface area contributed by atoms with Crippen LogP contribution >= 0.6 is 0 Å². The first kappa shape index (κ1) is 17.2. The highest BCUT2D eigenvalue weighted by Crippen LogP contribution is 2.22. The lowest BCUT2D eigenvalue weighted by Gasteiger charge is -2.17. The zero-order valence-corrected chi connectivity index (χ0v) is 14.7. The largest absolute Gasteiger partial charge is 0.322 e. The molecule has 0 saturated carbocycles. The average molecular weight is 337 g/mol. The van der Waals surface area contributed by atoms with E-state index >= 15 is 0 Å². The Morgan fingerprint density at radius 1 is 1.12 bits per heavy atom. The van der Waals surface area contributed by atoms with Crippen LogP contribution < -0.4 is 10.2 Å². The molecule has 2 aromatic rings. The molecule has 1 saturated heterocycles. The molecule has 0 bridgehead atoms. The van der Waals surface area contributed by atoms with Crippen molar-refractivity contribution < 1.29 is 9.59 Å². The second-order valence-corrected chi connectivity index (χ2v) is 6.54. The molecule has 0 atom stereocenters. The first-order valence-corrected chi connectivity index (χ1v) is 8.49. The van der Waals surface area contributed by atoms with Crippen LogP contribution in [0.4, 0.5) is 11.4 Å². The lowest BCUT2D eigenvalue weighted by molar-refractivity contribution is -0.117. The molecule has 5 nitrogen and oxygen atoms in total. The molecule has 0 spiro atoms. The molecule has 1 fully saturated rings. The predicted molar refractivity (Wildman–Crippen MR) is 99.8 cm³/mol. The van der Waals surface area contributed by atoms with Crippen molar-refractivity contribution in [2.24, 2.45) is 0 Å².